The number of esters is 1. The van der Waals surface area contributed by atoms with Gasteiger partial charge in [-0.25, -0.2) is 4.39 Å². The molecule has 0 aliphatic carbocycles. The van der Waals surface area contributed by atoms with E-state index < -0.39 is 17.8 Å². The number of halogens is 2. The molecule has 24 heavy (non-hydrogen) atoms. The molecule has 2 rings (SSSR count). The number of rotatable bonds is 5. The molecule has 0 aliphatic heterocycles. The number of benzene rings is 2. The van der Waals surface area contributed by atoms with Crippen molar-refractivity contribution in [3.05, 3.63) is 57.9 Å². The Balaban J connectivity index is 2.47. The van der Waals surface area contributed by atoms with Crippen molar-refractivity contribution in [1.82, 2.24) is 0 Å². The van der Waals surface area contributed by atoms with E-state index in [1.165, 1.54) is 0 Å². The van der Waals surface area contributed by atoms with Crippen LogP contribution in [0.25, 0.3) is 11.1 Å². The number of hydrogen-bond donors (Lipinski definition) is 1. The van der Waals surface area contributed by atoms with E-state index in [4.69, 9.17) is 22.1 Å². The second kappa shape index (κ2) is 7.77. The van der Waals surface area contributed by atoms with Gasteiger partial charge in [-0.3, -0.25) is 4.79 Å². The molecule has 2 N–H and O–H groups in total. The van der Waals surface area contributed by atoms with Crippen LogP contribution in [-0.2, 0) is 9.53 Å². The lowest BCUT2D eigenvalue weighted by molar-refractivity contribution is -0.143. The number of nitrogens with two attached hydrogens (primary N) is 1. The van der Waals surface area contributed by atoms with E-state index in [9.17, 15) is 9.18 Å². The summed E-state index contributed by atoms with van der Waals surface area (Å²) in [6.45, 7) is 5.60. The molecule has 0 spiro atoms. The molecule has 1 atom stereocenters. The third kappa shape index (κ3) is 3.94. The summed E-state index contributed by atoms with van der Waals surface area (Å²) in [7, 11) is 0. The predicted molar refractivity (Wildman–Crippen MR) is 94.5 cm³/mol. The molecule has 0 amide bonds. The smallest absolute Gasteiger partial charge is 0.307 e. The van der Waals surface area contributed by atoms with E-state index in [2.05, 4.69) is 0 Å². The number of ether oxygens (including phenoxy) is 1. The van der Waals surface area contributed by atoms with E-state index in [0.29, 0.717) is 10.6 Å². The van der Waals surface area contributed by atoms with E-state index in [0.717, 1.165) is 16.7 Å². The normalized spacial score (nSPS) is 12.1. The Morgan fingerprint density at radius 2 is 2.00 bits per heavy atom. The Morgan fingerprint density at radius 1 is 1.29 bits per heavy atom. The summed E-state index contributed by atoms with van der Waals surface area (Å²) in [5.41, 5.74) is 9.40. The van der Waals surface area contributed by atoms with Gasteiger partial charge in [0.2, 0.25) is 0 Å². The van der Waals surface area contributed by atoms with Gasteiger partial charge in [0.05, 0.1) is 13.0 Å². The molecule has 0 fully saturated rings. The first-order valence-corrected chi connectivity index (χ1v) is 8.19. The highest BCUT2D eigenvalue weighted by molar-refractivity contribution is 6.33. The van der Waals surface area contributed by atoms with Gasteiger partial charge in [0, 0.05) is 22.2 Å². The van der Waals surface area contributed by atoms with E-state index in [1.807, 2.05) is 19.1 Å². The molecule has 0 unspecified atom stereocenters. The molecule has 0 radical (unpaired) electrons. The fourth-order valence-corrected chi connectivity index (χ4v) is 3.05. The van der Waals surface area contributed by atoms with E-state index in [-0.39, 0.29) is 18.6 Å². The maximum atomic E-state index is 14.5. The Morgan fingerprint density at radius 3 is 2.62 bits per heavy atom. The van der Waals surface area contributed by atoms with Crippen LogP contribution in [0.2, 0.25) is 5.02 Å². The minimum atomic E-state index is -0.773. The van der Waals surface area contributed by atoms with Gasteiger partial charge < -0.3 is 10.5 Å². The van der Waals surface area contributed by atoms with Gasteiger partial charge in [-0.1, -0.05) is 23.7 Å². The SMILES string of the molecule is CCOC(=O)C[C@H](N)c1cc(-c2c(C)cccc2Cl)cc(C)c1F. The minimum absolute atomic E-state index is 0.0742. The zero-order valence-corrected chi connectivity index (χ0v) is 14.8. The van der Waals surface area contributed by atoms with Crippen LogP contribution in [0.1, 0.15) is 36.1 Å². The van der Waals surface area contributed by atoms with Crippen molar-refractivity contribution in [3.8, 4) is 11.1 Å². The highest BCUT2D eigenvalue weighted by Gasteiger charge is 2.20. The Kier molecular flexibility index (Phi) is 5.97. The van der Waals surface area contributed by atoms with E-state index in [1.54, 1.807) is 32.0 Å². The molecule has 0 saturated heterocycles. The molecular formula is C19H21ClFNO2. The van der Waals surface area contributed by atoms with Gasteiger partial charge in [-0.05, 0) is 55.7 Å². The second-order valence-electron chi connectivity index (χ2n) is 5.74. The largest absolute Gasteiger partial charge is 0.466 e. The van der Waals surface area contributed by atoms with Crippen LogP contribution < -0.4 is 5.73 Å². The molecular weight excluding hydrogens is 329 g/mol. The summed E-state index contributed by atoms with van der Waals surface area (Å²) >= 11 is 6.31. The molecule has 2 aromatic carbocycles. The lowest BCUT2D eigenvalue weighted by atomic mass is 9.93. The summed E-state index contributed by atoms with van der Waals surface area (Å²) in [6.07, 6.45) is -0.0742. The van der Waals surface area contributed by atoms with Crippen molar-refractivity contribution in [2.24, 2.45) is 5.73 Å². The topological polar surface area (TPSA) is 52.3 Å². The molecule has 0 bridgehead atoms. The fourth-order valence-electron chi connectivity index (χ4n) is 2.72. The molecule has 5 heteroatoms. The number of aryl methyl sites for hydroxylation is 2. The van der Waals surface area contributed by atoms with Gasteiger partial charge in [-0.15, -0.1) is 0 Å². The molecule has 0 aliphatic rings. The average Bonchev–Trinajstić information content (AvgIpc) is 2.50. The molecule has 128 valence electrons. The lowest BCUT2D eigenvalue weighted by Crippen LogP contribution is -2.19. The Bertz CT molecular complexity index is 741. The van der Waals surface area contributed by atoms with Crippen molar-refractivity contribution >= 4 is 17.6 Å². The summed E-state index contributed by atoms with van der Waals surface area (Å²) in [5, 5.41) is 0.589. The Hall–Kier alpha value is -1.91. The van der Waals surface area contributed by atoms with Crippen LogP contribution in [0.4, 0.5) is 4.39 Å². The van der Waals surface area contributed by atoms with E-state index >= 15 is 0 Å². The number of carbonyl (C=O) groups excluding carboxylic acids is 1. The third-order valence-electron chi connectivity index (χ3n) is 3.88. The van der Waals surface area contributed by atoms with Crippen molar-refractivity contribution in [1.29, 1.82) is 0 Å². The molecule has 0 saturated carbocycles. The first-order chi connectivity index (χ1) is 11.3. The van der Waals surface area contributed by atoms with Crippen molar-refractivity contribution < 1.29 is 13.9 Å². The monoisotopic (exact) mass is 349 g/mol. The van der Waals surface area contributed by atoms with Gasteiger partial charge in [0.15, 0.2) is 0 Å². The van der Waals surface area contributed by atoms with Crippen molar-refractivity contribution in [3.63, 3.8) is 0 Å². The molecule has 3 nitrogen and oxygen atoms in total. The zero-order valence-electron chi connectivity index (χ0n) is 14.0. The van der Waals surface area contributed by atoms with Crippen LogP contribution in [0.3, 0.4) is 0 Å². The summed E-state index contributed by atoms with van der Waals surface area (Å²) < 4.78 is 19.4. The molecule has 0 heterocycles. The van der Waals surface area contributed by atoms with Gasteiger partial charge >= 0.3 is 5.97 Å². The minimum Gasteiger partial charge on any atom is -0.466 e. The third-order valence-corrected chi connectivity index (χ3v) is 4.20. The number of hydrogen-bond acceptors (Lipinski definition) is 3. The maximum absolute atomic E-state index is 14.5. The van der Waals surface area contributed by atoms with Crippen LogP contribution in [0, 0.1) is 19.7 Å². The highest BCUT2D eigenvalue weighted by atomic mass is 35.5. The highest BCUT2D eigenvalue weighted by Crippen LogP contribution is 2.34. The van der Waals surface area contributed by atoms with Gasteiger partial charge in [0.1, 0.15) is 5.82 Å². The quantitative estimate of drug-likeness (QED) is 0.795. The fraction of sp³-hybridized carbons (Fsp3) is 0.316. The first kappa shape index (κ1) is 18.4. The number of carbonyl (C=O) groups is 1. The van der Waals surface area contributed by atoms with Crippen molar-refractivity contribution in [2.45, 2.75) is 33.2 Å². The molecule has 2 aromatic rings. The van der Waals surface area contributed by atoms with Gasteiger partial charge in [-0.2, -0.15) is 0 Å². The summed E-state index contributed by atoms with van der Waals surface area (Å²) in [4.78, 5) is 11.6. The van der Waals surface area contributed by atoms with Crippen LogP contribution in [0.15, 0.2) is 30.3 Å². The van der Waals surface area contributed by atoms with Crippen LogP contribution >= 0.6 is 11.6 Å². The predicted octanol–water partition coefficient (Wildman–Crippen LogP) is 4.72. The van der Waals surface area contributed by atoms with Crippen LogP contribution in [0.5, 0.6) is 0 Å². The summed E-state index contributed by atoms with van der Waals surface area (Å²) in [6, 6.07) is 8.24. The van der Waals surface area contributed by atoms with Gasteiger partial charge in [0.25, 0.3) is 0 Å². The summed E-state index contributed by atoms with van der Waals surface area (Å²) in [5.74, 6) is -0.846. The zero-order chi connectivity index (χ0) is 17.9. The maximum Gasteiger partial charge on any atom is 0.307 e. The standard InChI is InChI=1S/C19H21ClFNO2/c1-4-24-17(23)10-16(22)14-9-13(8-12(3)19(14)21)18-11(2)6-5-7-15(18)20/h5-9,16H,4,10,22H2,1-3H3/t16-/m0/s1. The second-order valence-corrected chi connectivity index (χ2v) is 6.15. The first-order valence-electron chi connectivity index (χ1n) is 7.81. The van der Waals surface area contributed by atoms with Crippen LogP contribution in [-0.4, -0.2) is 12.6 Å². The Labute approximate surface area is 146 Å². The average molecular weight is 350 g/mol. The lowest BCUT2D eigenvalue weighted by Gasteiger charge is -2.17. The van der Waals surface area contributed by atoms with Crippen molar-refractivity contribution in [2.75, 3.05) is 6.61 Å². The molecule has 0 aromatic heterocycles.